The molecule has 0 fully saturated rings. The SMILES string of the molecule is CCCCCCOC(=NC(=O)N(C)C)N(CCC)C(=O)NSc1ccc([N+](=O)[O-])cc1. The molecule has 172 valence electrons. The summed E-state index contributed by atoms with van der Waals surface area (Å²) in [6.45, 7) is 4.67. The quantitative estimate of drug-likeness (QED) is 0.137. The zero-order valence-corrected chi connectivity index (χ0v) is 19.3. The van der Waals surface area contributed by atoms with Gasteiger partial charge in [0, 0.05) is 37.7 Å². The molecule has 1 aromatic carbocycles. The Morgan fingerprint density at radius 2 is 1.81 bits per heavy atom. The summed E-state index contributed by atoms with van der Waals surface area (Å²) >= 11 is 1.01. The summed E-state index contributed by atoms with van der Waals surface area (Å²) in [6, 6.07) is 4.74. The van der Waals surface area contributed by atoms with Crippen LogP contribution in [0.3, 0.4) is 0 Å². The Morgan fingerprint density at radius 3 is 2.35 bits per heavy atom. The first-order valence-corrected chi connectivity index (χ1v) is 11.0. The summed E-state index contributed by atoms with van der Waals surface area (Å²) in [6.07, 6.45) is 4.58. The molecule has 0 spiro atoms. The zero-order chi connectivity index (χ0) is 23.2. The van der Waals surface area contributed by atoms with Crippen LogP contribution in [0.1, 0.15) is 46.0 Å². The van der Waals surface area contributed by atoms with E-state index in [2.05, 4.69) is 16.6 Å². The molecular formula is C20H31N5O5S. The molecule has 0 aliphatic carbocycles. The van der Waals surface area contributed by atoms with Crippen LogP contribution in [-0.4, -0.2) is 60.1 Å². The van der Waals surface area contributed by atoms with Crippen molar-refractivity contribution in [2.45, 2.75) is 50.8 Å². The molecule has 11 heteroatoms. The van der Waals surface area contributed by atoms with Crippen molar-refractivity contribution in [2.75, 3.05) is 27.2 Å². The number of unbranched alkanes of at least 4 members (excludes halogenated alkanes) is 3. The summed E-state index contributed by atoms with van der Waals surface area (Å²) in [5.41, 5.74) is -0.0311. The van der Waals surface area contributed by atoms with Crippen molar-refractivity contribution in [1.82, 2.24) is 14.5 Å². The van der Waals surface area contributed by atoms with Crippen molar-refractivity contribution in [2.24, 2.45) is 4.99 Å². The predicted octanol–water partition coefficient (Wildman–Crippen LogP) is 4.66. The highest BCUT2D eigenvalue weighted by Gasteiger charge is 2.22. The van der Waals surface area contributed by atoms with Crippen LogP contribution in [0.25, 0.3) is 0 Å². The van der Waals surface area contributed by atoms with Crippen LogP contribution in [0.2, 0.25) is 0 Å². The summed E-state index contributed by atoms with van der Waals surface area (Å²) in [5, 5.41) is 10.8. The molecular weight excluding hydrogens is 422 g/mol. The standard InChI is InChI=1S/C20H31N5O5S/c1-5-7-8-9-15-30-20(21-18(26)23(3)4)24(14-6-2)19(27)22-31-17-12-10-16(11-13-17)25(28)29/h10-13H,5-9,14-15H2,1-4H3,(H,22,27). The number of nitro groups is 1. The van der Waals surface area contributed by atoms with Gasteiger partial charge in [0.1, 0.15) is 0 Å². The number of amides is 4. The van der Waals surface area contributed by atoms with E-state index in [0.717, 1.165) is 37.6 Å². The van der Waals surface area contributed by atoms with E-state index in [9.17, 15) is 19.7 Å². The minimum absolute atomic E-state index is 0.0311. The molecule has 1 rings (SSSR count). The van der Waals surface area contributed by atoms with E-state index in [1.54, 1.807) is 26.2 Å². The van der Waals surface area contributed by atoms with Gasteiger partial charge in [-0.1, -0.05) is 33.1 Å². The second-order valence-corrected chi connectivity index (χ2v) is 7.77. The maximum absolute atomic E-state index is 12.8. The van der Waals surface area contributed by atoms with Crippen LogP contribution in [0.15, 0.2) is 34.2 Å². The Bertz CT molecular complexity index is 755. The van der Waals surface area contributed by atoms with Crippen molar-refractivity contribution >= 4 is 35.7 Å². The van der Waals surface area contributed by atoms with Gasteiger partial charge < -0.3 is 9.64 Å². The largest absolute Gasteiger partial charge is 0.464 e. The molecule has 1 aromatic rings. The zero-order valence-electron chi connectivity index (χ0n) is 18.5. The lowest BCUT2D eigenvalue weighted by atomic mass is 10.2. The van der Waals surface area contributed by atoms with Crippen molar-refractivity contribution in [3.05, 3.63) is 34.4 Å². The fourth-order valence-electron chi connectivity index (χ4n) is 2.35. The van der Waals surface area contributed by atoms with Crippen LogP contribution in [-0.2, 0) is 4.74 Å². The van der Waals surface area contributed by atoms with Crippen LogP contribution < -0.4 is 4.72 Å². The number of nitrogens with one attached hydrogen (secondary N) is 1. The average Bonchev–Trinajstić information content (AvgIpc) is 2.75. The monoisotopic (exact) mass is 453 g/mol. The highest BCUT2D eigenvalue weighted by molar-refractivity contribution is 7.98. The highest BCUT2D eigenvalue weighted by atomic mass is 32.2. The molecule has 0 heterocycles. The van der Waals surface area contributed by atoms with Crippen LogP contribution >= 0.6 is 11.9 Å². The lowest BCUT2D eigenvalue weighted by Crippen LogP contribution is -2.44. The molecule has 0 bridgehead atoms. The van der Waals surface area contributed by atoms with Gasteiger partial charge in [0.2, 0.25) is 0 Å². The number of nitro benzene ring substituents is 1. The number of amidine groups is 1. The summed E-state index contributed by atoms with van der Waals surface area (Å²) in [5.74, 6) is 0. The van der Waals surface area contributed by atoms with E-state index in [1.807, 2.05) is 6.92 Å². The van der Waals surface area contributed by atoms with Crippen molar-refractivity contribution in [1.29, 1.82) is 0 Å². The van der Waals surface area contributed by atoms with E-state index >= 15 is 0 Å². The molecule has 0 aliphatic heterocycles. The van der Waals surface area contributed by atoms with Gasteiger partial charge >= 0.3 is 18.1 Å². The predicted molar refractivity (Wildman–Crippen MR) is 121 cm³/mol. The molecule has 4 amide bonds. The lowest BCUT2D eigenvalue weighted by molar-refractivity contribution is -0.384. The second kappa shape index (κ2) is 14.2. The molecule has 0 aromatic heterocycles. The van der Waals surface area contributed by atoms with E-state index in [1.165, 1.54) is 21.9 Å². The first-order valence-electron chi connectivity index (χ1n) is 10.2. The molecule has 0 atom stereocenters. The second-order valence-electron chi connectivity index (χ2n) is 6.89. The van der Waals surface area contributed by atoms with Crippen molar-refractivity contribution < 1.29 is 19.2 Å². The number of rotatable bonds is 10. The van der Waals surface area contributed by atoms with Crippen LogP contribution in [0, 0.1) is 10.1 Å². The first-order chi connectivity index (χ1) is 14.8. The van der Waals surface area contributed by atoms with E-state index in [4.69, 9.17) is 4.74 Å². The van der Waals surface area contributed by atoms with Gasteiger partial charge in [-0.05, 0) is 36.9 Å². The fourth-order valence-corrected chi connectivity index (χ4v) is 2.93. The van der Waals surface area contributed by atoms with Crippen LogP contribution in [0.5, 0.6) is 0 Å². The van der Waals surface area contributed by atoms with Gasteiger partial charge in [-0.15, -0.1) is 4.99 Å². The summed E-state index contributed by atoms with van der Waals surface area (Å²) in [7, 11) is 3.14. The van der Waals surface area contributed by atoms with Crippen molar-refractivity contribution in [3.8, 4) is 0 Å². The third-order valence-corrected chi connectivity index (χ3v) is 4.81. The Hall–Kier alpha value is -2.82. The normalized spacial score (nSPS) is 11.0. The lowest BCUT2D eigenvalue weighted by Gasteiger charge is -2.23. The topological polar surface area (TPSA) is 117 Å². The Balaban J connectivity index is 2.88. The number of nitrogens with zero attached hydrogens (tertiary/aromatic N) is 4. The molecule has 1 N–H and O–H groups in total. The van der Waals surface area contributed by atoms with Gasteiger partial charge in [0.25, 0.3) is 5.69 Å². The fraction of sp³-hybridized carbons (Fsp3) is 0.550. The van der Waals surface area contributed by atoms with E-state index in [-0.39, 0.29) is 11.7 Å². The minimum atomic E-state index is -0.527. The molecule has 0 saturated carbocycles. The number of carbonyl (C=O) groups excluding carboxylic acids is 2. The van der Waals surface area contributed by atoms with Gasteiger partial charge in [0.15, 0.2) is 0 Å². The first kappa shape index (κ1) is 26.2. The Kier molecular flexibility index (Phi) is 12.0. The molecule has 0 saturated heterocycles. The maximum Gasteiger partial charge on any atom is 0.347 e. The minimum Gasteiger partial charge on any atom is -0.464 e. The van der Waals surface area contributed by atoms with E-state index in [0.29, 0.717) is 24.5 Å². The number of non-ortho nitro benzene ring substituents is 1. The number of aliphatic imine (C=N–C) groups is 1. The average molecular weight is 454 g/mol. The van der Waals surface area contributed by atoms with Gasteiger partial charge in [-0.25, -0.2) is 14.5 Å². The van der Waals surface area contributed by atoms with Gasteiger partial charge in [0.05, 0.1) is 11.5 Å². The number of urea groups is 2. The summed E-state index contributed by atoms with van der Waals surface area (Å²) < 4.78 is 8.40. The van der Waals surface area contributed by atoms with Crippen molar-refractivity contribution in [3.63, 3.8) is 0 Å². The summed E-state index contributed by atoms with van der Waals surface area (Å²) in [4.78, 5) is 42.4. The third kappa shape index (κ3) is 9.69. The van der Waals surface area contributed by atoms with Gasteiger partial charge in [-0.3, -0.25) is 14.8 Å². The molecule has 0 unspecified atom stereocenters. The van der Waals surface area contributed by atoms with Gasteiger partial charge in [-0.2, -0.15) is 0 Å². The number of benzene rings is 1. The smallest absolute Gasteiger partial charge is 0.347 e. The number of ether oxygens (including phenoxy) is 1. The van der Waals surface area contributed by atoms with E-state index < -0.39 is 17.0 Å². The maximum atomic E-state index is 12.8. The Morgan fingerprint density at radius 1 is 1.13 bits per heavy atom. The molecule has 31 heavy (non-hydrogen) atoms. The molecule has 0 aliphatic rings. The number of hydrogen-bond donors (Lipinski definition) is 1. The highest BCUT2D eigenvalue weighted by Crippen LogP contribution is 2.19. The number of carbonyl (C=O) groups is 2. The third-order valence-electron chi connectivity index (χ3n) is 4.03. The molecule has 0 radical (unpaired) electrons. The van der Waals surface area contributed by atoms with Crippen LogP contribution in [0.4, 0.5) is 15.3 Å². The number of hydrogen-bond acceptors (Lipinski definition) is 6. The Labute approximate surface area is 187 Å². The molecule has 10 nitrogen and oxygen atoms in total.